The fourth-order valence-corrected chi connectivity index (χ4v) is 5.66. The molecule has 1 aromatic carbocycles. The maximum atomic E-state index is 15.0. The number of Topliss-reactive ketones (excluding diaryl/α,β-unsaturated/α-hetero) is 1. The molecule has 0 aromatic heterocycles. The van der Waals surface area contributed by atoms with Gasteiger partial charge in [0.1, 0.15) is 17.2 Å². The summed E-state index contributed by atoms with van der Waals surface area (Å²) >= 11 is 0. The fraction of sp³-hybridized carbons (Fsp3) is 0.704. The summed E-state index contributed by atoms with van der Waals surface area (Å²) in [5.74, 6) is 0.0589. The molecular weight excluding hydrogens is 419 g/mol. The highest BCUT2D eigenvalue weighted by atomic mass is 19.1. The molecular formula is C27H41FN2O3. The van der Waals surface area contributed by atoms with Crippen LogP contribution >= 0.6 is 0 Å². The molecule has 0 saturated heterocycles. The van der Waals surface area contributed by atoms with Crippen LogP contribution in [-0.4, -0.2) is 30.1 Å². The molecule has 1 saturated carbocycles. The van der Waals surface area contributed by atoms with Crippen LogP contribution in [-0.2, 0) is 21.4 Å². The van der Waals surface area contributed by atoms with Crippen molar-refractivity contribution in [1.82, 2.24) is 0 Å². The number of carbonyl (C=O) groups excluding carboxylic acids is 2. The molecule has 3 rings (SSSR count). The van der Waals surface area contributed by atoms with Crippen molar-refractivity contribution in [2.75, 3.05) is 11.4 Å². The number of anilines is 1. The molecule has 6 heteroatoms. The van der Waals surface area contributed by atoms with Crippen LogP contribution in [0.15, 0.2) is 12.1 Å². The standard InChI is InChI=1S/C27H41FN2O3/c1-6-30(25(32)33-26(2,3)4)23-16-19(28)15-22-21(23)12-13-24(31)27(22,5)17-18-10-8-7-9-11-20(29)14-18/h15-16,18,20H,6-14,17,29H2,1-5H3/t18?,20-,27?/m1/s1. The summed E-state index contributed by atoms with van der Waals surface area (Å²) in [7, 11) is 0. The Kier molecular flexibility index (Phi) is 7.87. The molecule has 5 nitrogen and oxygen atoms in total. The molecule has 1 aromatic rings. The predicted molar refractivity (Wildman–Crippen MR) is 130 cm³/mol. The first kappa shape index (κ1) is 25.7. The van der Waals surface area contributed by atoms with Gasteiger partial charge < -0.3 is 10.5 Å². The third-order valence-electron chi connectivity index (χ3n) is 7.24. The Balaban J connectivity index is 2.00. The predicted octanol–water partition coefficient (Wildman–Crippen LogP) is 6.05. The molecule has 0 heterocycles. The minimum absolute atomic E-state index is 0.155. The Hall–Kier alpha value is -1.95. The van der Waals surface area contributed by atoms with E-state index < -0.39 is 22.9 Å². The van der Waals surface area contributed by atoms with Gasteiger partial charge in [0, 0.05) is 19.0 Å². The summed E-state index contributed by atoms with van der Waals surface area (Å²) in [6.07, 6.45) is 7.53. The van der Waals surface area contributed by atoms with Crippen LogP contribution in [0.25, 0.3) is 0 Å². The molecule has 3 atom stereocenters. The molecule has 0 spiro atoms. The van der Waals surface area contributed by atoms with Gasteiger partial charge in [-0.3, -0.25) is 9.69 Å². The zero-order valence-electron chi connectivity index (χ0n) is 21.0. The molecule has 2 aliphatic rings. The Morgan fingerprint density at radius 1 is 1.21 bits per heavy atom. The van der Waals surface area contributed by atoms with Crippen LogP contribution < -0.4 is 10.6 Å². The lowest BCUT2D eigenvalue weighted by Crippen LogP contribution is -2.42. The van der Waals surface area contributed by atoms with Crippen molar-refractivity contribution in [2.45, 2.75) is 109 Å². The quantitative estimate of drug-likeness (QED) is 0.594. The third-order valence-corrected chi connectivity index (χ3v) is 7.24. The number of halogens is 1. The number of hydrogen-bond donors (Lipinski definition) is 1. The fourth-order valence-electron chi connectivity index (χ4n) is 5.66. The first-order valence-corrected chi connectivity index (χ1v) is 12.6. The first-order valence-electron chi connectivity index (χ1n) is 12.6. The third kappa shape index (κ3) is 5.95. The van der Waals surface area contributed by atoms with Crippen molar-refractivity contribution in [3.63, 3.8) is 0 Å². The number of ketones is 1. The topological polar surface area (TPSA) is 72.6 Å². The molecule has 2 aliphatic carbocycles. The van der Waals surface area contributed by atoms with Crippen molar-refractivity contribution in [3.05, 3.63) is 29.1 Å². The lowest BCUT2D eigenvalue weighted by molar-refractivity contribution is -0.125. The van der Waals surface area contributed by atoms with Gasteiger partial charge in [0.05, 0.1) is 11.1 Å². The number of nitrogens with two attached hydrogens (primary N) is 1. The van der Waals surface area contributed by atoms with Gasteiger partial charge in [-0.05, 0) is 89.5 Å². The van der Waals surface area contributed by atoms with E-state index in [9.17, 15) is 14.0 Å². The van der Waals surface area contributed by atoms with Crippen molar-refractivity contribution in [3.8, 4) is 0 Å². The van der Waals surface area contributed by atoms with Crippen LogP contribution in [0.3, 0.4) is 0 Å². The summed E-state index contributed by atoms with van der Waals surface area (Å²) in [4.78, 5) is 27.7. The summed E-state index contributed by atoms with van der Waals surface area (Å²) in [6.45, 7) is 9.61. The van der Waals surface area contributed by atoms with Crippen LogP contribution in [0.1, 0.15) is 97.1 Å². The maximum absolute atomic E-state index is 15.0. The Morgan fingerprint density at radius 2 is 1.91 bits per heavy atom. The van der Waals surface area contributed by atoms with Crippen LogP contribution in [0.2, 0.25) is 0 Å². The van der Waals surface area contributed by atoms with Gasteiger partial charge in [-0.25, -0.2) is 9.18 Å². The van der Waals surface area contributed by atoms with Gasteiger partial charge in [-0.1, -0.05) is 25.7 Å². The van der Waals surface area contributed by atoms with E-state index in [0.29, 0.717) is 37.4 Å². The largest absolute Gasteiger partial charge is 0.443 e. The number of fused-ring (bicyclic) bond motifs is 1. The number of rotatable bonds is 4. The number of benzene rings is 1. The Bertz CT molecular complexity index is 879. The van der Waals surface area contributed by atoms with E-state index in [1.54, 1.807) is 0 Å². The molecule has 2 unspecified atom stereocenters. The highest BCUT2D eigenvalue weighted by Crippen LogP contribution is 2.45. The SMILES string of the molecule is CCN(C(=O)OC(C)(C)C)c1cc(F)cc2c1CCC(=O)C2(C)CC1CCCCC[C@@H](N)C1. The van der Waals surface area contributed by atoms with E-state index in [-0.39, 0.29) is 11.8 Å². The molecule has 2 N–H and O–H groups in total. The van der Waals surface area contributed by atoms with Gasteiger partial charge in [-0.15, -0.1) is 0 Å². The number of carbonyl (C=O) groups is 2. The van der Waals surface area contributed by atoms with Crippen molar-refractivity contribution < 1.29 is 18.7 Å². The second kappa shape index (κ2) is 10.1. The number of ether oxygens (including phenoxy) is 1. The van der Waals surface area contributed by atoms with E-state index in [1.165, 1.54) is 29.9 Å². The zero-order valence-corrected chi connectivity index (χ0v) is 21.0. The molecule has 33 heavy (non-hydrogen) atoms. The number of amides is 1. The van der Waals surface area contributed by atoms with E-state index >= 15 is 0 Å². The minimum Gasteiger partial charge on any atom is -0.443 e. The van der Waals surface area contributed by atoms with E-state index in [2.05, 4.69) is 0 Å². The minimum atomic E-state index is -0.776. The van der Waals surface area contributed by atoms with Gasteiger partial charge in [0.15, 0.2) is 0 Å². The highest BCUT2D eigenvalue weighted by Gasteiger charge is 2.43. The average Bonchev–Trinajstić information content (AvgIpc) is 2.68. The van der Waals surface area contributed by atoms with E-state index in [0.717, 1.165) is 36.8 Å². The lowest BCUT2D eigenvalue weighted by atomic mass is 9.64. The molecule has 184 valence electrons. The number of nitrogens with zero attached hydrogens (tertiary/aromatic N) is 1. The summed E-state index contributed by atoms with van der Waals surface area (Å²) in [5.41, 5.74) is 7.07. The molecule has 0 radical (unpaired) electrons. The van der Waals surface area contributed by atoms with Crippen LogP contribution in [0.4, 0.5) is 14.9 Å². The van der Waals surface area contributed by atoms with Crippen molar-refractivity contribution in [2.24, 2.45) is 11.7 Å². The zero-order chi connectivity index (χ0) is 24.4. The normalized spacial score (nSPS) is 26.2. The maximum Gasteiger partial charge on any atom is 0.414 e. The second-order valence-corrected chi connectivity index (χ2v) is 11.1. The van der Waals surface area contributed by atoms with E-state index in [1.807, 2.05) is 34.6 Å². The van der Waals surface area contributed by atoms with Gasteiger partial charge in [0.25, 0.3) is 0 Å². The van der Waals surface area contributed by atoms with Crippen LogP contribution in [0.5, 0.6) is 0 Å². The molecule has 0 aliphatic heterocycles. The summed E-state index contributed by atoms with van der Waals surface area (Å²) in [5, 5.41) is 0. The lowest BCUT2D eigenvalue weighted by Gasteiger charge is -2.40. The summed E-state index contributed by atoms with van der Waals surface area (Å²) < 4.78 is 20.6. The Morgan fingerprint density at radius 3 is 2.58 bits per heavy atom. The highest BCUT2D eigenvalue weighted by molar-refractivity contribution is 5.95. The summed E-state index contributed by atoms with van der Waals surface area (Å²) in [6, 6.07) is 3.08. The molecule has 1 fully saturated rings. The molecule has 1 amide bonds. The molecule has 0 bridgehead atoms. The Labute approximate surface area is 198 Å². The number of hydrogen-bond acceptors (Lipinski definition) is 4. The van der Waals surface area contributed by atoms with Gasteiger partial charge in [0.2, 0.25) is 0 Å². The van der Waals surface area contributed by atoms with Crippen LogP contribution in [0, 0.1) is 11.7 Å². The second-order valence-electron chi connectivity index (χ2n) is 11.1. The van der Waals surface area contributed by atoms with Gasteiger partial charge in [-0.2, -0.15) is 0 Å². The van der Waals surface area contributed by atoms with Crippen molar-refractivity contribution in [1.29, 1.82) is 0 Å². The smallest absolute Gasteiger partial charge is 0.414 e. The van der Waals surface area contributed by atoms with Crippen molar-refractivity contribution >= 4 is 17.6 Å². The monoisotopic (exact) mass is 460 g/mol. The first-order chi connectivity index (χ1) is 15.4. The van der Waals surface area contributed by atoms with Gasteiger partial charge >= 0.3 is 6.09 Å². The van der Waals surface area contributed by atoms with E-state index in [4.69, 9.17) is 10.5 Å². The average molecular weight is 461 g/mol.